The summed E-state index contributed by atoms with van der Waals surface area (Å²) in [6.07, 6.45) is 3.12. The van der Waals surface area contributed by atoms with Crippen LogP contribution in [-0.4, -0.2) is 40.5 Å². The quantitative estimate of drug-likeness (QED) is 0.113. The van der Waals surface area contributed by atoms with Gasteiger partial charge in [0.2, 0.25) is 0 Å². The van der Waals surface area contributed by atoms with Crippen molar-refractivity contribution < 1.29 is 38.6 Å². The molecule has 2 aliphatic heterocycles. The highest BCUT2D eigenvalue weighted by molar-refractivity contribution is 6.35. The Balaban J connectivity index is 1.04. The number of benzene rings is 5. The molecule has 2 aliphatic rings. The molecule has 10 heteroatoms. The molecule has 7 rings (SSSR count). The molecular formula is C38H22N2O8. The maximum atomic E-state index is 13.4. The van der Waals surface area contributed by atoms with Crippen molar-refractivity contribution in [1.29, 1.82) is 0 Å². The Morgan fingerprint density at radius 3 is 1.67 bits per heavy atom. The van der Waals surface area contributed by atoms with Gasteiger partial charge >= 0.3 is 5.97 Å². The number of anilines is 2. The fraction of sp³-hybridized carbons (Fsp3) is 0. The summed E-state index contributed by atoms with van der Waals surface area (Å²) in [6, 6.07) is 30.0. The van der Waals surface area contributed by atoms with Crippen LogP contribution in [0.25, 0.3) is 6.08 Å². The number of imide groups is 2. The number of fused-ring (bicyclic) bond motifs is 2. The second kappa shape index (κ2) is 11.8. The van der Waals surface area contributed by atoms with E-state index >= 15 is 0 Å². The summed E-state index contributed by atoms with van der Waals surface area (Å²) >= 11 is 0. The normalized spacial score (nSPS) is 13.7. The van der Waals surface area contributed by atoms with E-state index in [1.165, 1.54) is 60.7 Å². The minimum absolute atomic E-state index is 0.00901. The average molecular weight is 635 g/mol. The Morgan fingerprint density at radius 1 is 0.542 bits per heavy atom. The molecule has 48 heavy (non-hydrogen) atoms. The zero-order chi connectivity index (χ0) is 33.5. The maximum Gasteiger partial charge on any atom is 0.335 e. The highest BCUT2D eigenvalue weighted by atomic mass is 16.5. The van der Waals surface area contributed by atoms with Gasteiger partial charge in [-0.1, -0.05) is 48.5 Å². The molecule has 0 fully saturated rings. The summed E-state index contributed by atoms with van der Waals surface area (Å²) in [5.41, 5.74) is 2.33. The van der Waals surface area contributed by atoms with Crippen molar-refractivity contribution in [2.45, 2.75) is 0 Å². The molecule has 232 valence electrons. The van der Waals surface area contributed by atoms with Gasteiger partial charge in [0.1, 0.15) is 11.5 Å². The van der Waals surface area contributed by atoms with Crippen LogP contribution in [0.15, 0.2) is 121 Å². The number of rotatable bonds is 8. The van der Waals surface area contributed by atoms with Crippen LogP contribution < -0.4 is 14.5 Å². The topological polar surface area (TPSA) is 138 Å². The molecular weight excluding hydrogens is 612 g/mol. The molecule has 0 saturated carbocycles. The van der Waals surface area contributed by atoms with Gasteiger partial charge in [-0.25, -0.2) is 14.6 Å². The smallest absolute Gasteiger partial charge is 0.335 e. The number of hydrogen-bond donors (Lipinski definition) is 1. The lowest BCUT2D eigenvalue weighted by Gasteiger charge is -2.14. The number of carbonyl (C=O) groups excluding carboxylic acids is 5. The first-order chi connectivity index (χ1) is 23.2. The third-order valence-electron chi connectivity index (χ3n) is 7.96. The van der Waals surface area contributed by atoms with Gasteiger partial charge in [-0.05, 0) is 84.4 Å². The van der Waals surface area contributed by atoms with Crippen LogP contribution in [0.4, 0.5) is 11.4 Å². The zero-order valence-electron chi connectivity index (χ0n) is 24.8. The predicted octanol–water partition coefficient (Wildman–Crippen LogP) is 6.67. The van der Waals surface area contributed by atoms with E-state index in [1.54, 1.807) is 60.7 Å². The van der Waals surface area contributed by atoms with Gasteiger partial charge in [0.25, 0.3) is 23.6 Å². The minimum atomic E-state index is -1.21. The summed E-state index contributed by atoms with van der Waals surface area (Å²) in [6.45, 7) is 0. The molecule has 10 nitrogen and oxygen atoms in total. The lowest BCUT2D eigenvalue weighted by molar-refractivity contribution is 0.0695. The molecule has 0 spiro atoms. The van der Waals surface area contributed by atoms with Crippen LogP contribution >= 0.6 is 0 Å². The monoisotopic (exact) mass is 634 g/mol. The maximum absolute atomic E-state index is 13.4. The van der Waals surface area contributed by atoms with Crippen molar-refractivity contribution >= 4 is 52.8 Å². The number of carboxylic acid groups (broad SMARTS) is 1. The lowest BCUT2D eigenvalue weighted by Crippen LogP contribution is -2.29. The van der Waals surface area contributed by atoms with Gasteiger partial charge in [0.05, 0.1) is 39.2 Å². The fourth-order valence-corrected chi connectivity index (χ4v) is 5.53. The van der Waals surface area contributed by atoms with Crippen LogP contribution in [0.2, 0.25) is 0 Å². The van der Waals surface area contributed by atoms with Gasteiger partial charge in [0, 0.05) is 5.56 Å². The third-order valence-corrected chi connectivity index (χ3v) is 7.96. The largest absolute Gasteiger partial charge is 0.478 e. The first kappa shape index (κ1) is 29.8. The Morgan fingerprint density at radius 2 is 1.06 bits per heavy atom. The van der Waals surface area contributed by atoms with Crippen LogP contribution in [0.5, 0.6) is 11.5 Å². The lowest BCUT2D eigenvalue weighted by atomic mass is 10.1. The number of allylic oxidation sites excluding steroid dienone is 1. The molecule has 0 aliphatic carbocycles. The minimum Gasteiger partial charge on any atom is -0.478 e. The molecule has 0 unspecified atom stereocenters. The molecule has 1 N–H and O–H groups in total. The second-order valence-corrected chi connectivity index (χ2v) is 10.9. The van der Waals surface area contributed by atoms with E-state index < -0.39 is 29.6 Å². The standard InChI is InChI=1S/C38H22N2O8/c41-33(23-4-2-1-3-5-23)19-8-22-6-10-25(11-7-22)39-35(43)30-18-16-28(21-32(30)37(39)45)48-27-14-12-26(13-15-27)40-34(42)29-17-9-24(38(46)47)20-31(29)36(40)44/h1-21H,(H,46,47)/b19-8+. The number of ether oxygens (including phenoxy) is 1. The Kier molecular flexibility index (Phi) is 7.30. The van der Waals surface area contributed by atoms with Crippen molar-refractivity contribution in [3.8, 4) is 11.5 Å². The van der Waals surface area contributed by atoms with Crippen molar-refractivity contribution in [1.82, 2.24) is 0 Å². The van der Waals surface area contributed by atoms with Gasteiger partial charge in [-0.15, -0.1) is 0 Å². The van der Waals surface area contributed by atoms with E-state index in [2.05, 4.69) is 0 Å². The van der Waals surface area contributed by atoms with E-state index in [0.717, 1.165) is 15.4 Å². The molecule has 0 aromatic heterocycles. The Bertz CT molecular complexity index is 2220. The first-order valence-corrected chi connectivity index (χ1v) is 14.6. The molecule has 2 heterocycles. The van der Waals surface area contributed by atoms with Gasteiger partial charge in [-0.3, -0.25) is 24.0 Å². The van der Waals surface area contributed by atoms with Gasteiger partial charge in [-0.2, -0.15) is 0 Å². The van der Waals surface area contributed by atoms with Crippen LogP contribution in [0.3, 0.4) is 0 Å². The van der Waals surface area contributed by atoms with Crippen molar-refractivity contribution in [2.75, 3.05) is 9.80 Å². The second-order valence-electron chi connectivity index (χ2n) is 10.9. The highest BCUT2D eigenvalue weighted by Gasteiger charge is 2.38. The van der Waals surface area contributed by atoms with Gasteiger partial charge in [0.15, 0.2) is 5.78 Å². The number of aromatic carboxylic acids is 1. The van der Waals surface area contributed by atoms with Crippen molar-refractivity contribution in [3.05, 3.63) is 160 Å². The zero-order valence-corrected chi connectivity index (χ0v) is 24.8. The number of ketones is 1. The number of amides is 4. The first-order valence-electron chi connectivity index (χ1n) is 14.6. The molecule has 5 aromatic rings. The summed E-state index contributed by atoms with van der Waals surface area (Å²) in [5, 5.41) is 9.24. The third kappa shape index (κ3) is 5.23. The highest BCUT2D eigenvalue weighted by Crippen LogP contribution is 2.34. The van der Waals surface area contributed by atoms with Crippen LogP contribution in [-0.2, 0) is 0 Å². The molecule has 0 saturated heterocycles. The molecule has 0 radical (unpaired) electrons. The fourth-order valence-electron chi connectivity index (χ4n) is 5.53. The number of hydrogen-bond acceptors (Lipinski definition) is 7. The summed E-state index contributed by atoms with van der Waals surface area (Å²) in [4.78, 5) is 78.2. The molecule has 0 bridgehead atoms. The van der Waals surface area contributed by atoms with E-state index in [0.29, 0.717) is 17.0 Å². The summed E-state index contributed by atoms with van der Waals surface area (Å²) in [5.74, 6) is -2.94. The number of carbonyl (C=O) groups is 6. The van der Waals surface area contributed by atoms with E-state index in [4.69, 9.17) is 4.74 Å². The van der Waals surface area contributed by atoms with E-state index in [9.17, 15) is 33.9 Å². The van der Waals surface area contributed by atoms with E-state index in [-0.39, 0.29) is 45.0 Å². The van der Waals surface area contributed by atoms with Crippen LogP contribution in [0, 0.1) is 0 Å². The Labute approximate surface area is 272 Å². The number of carboxylic acids is 1. The molecule has 0 atom stereocenters. The average Bonchev–Trinajstić information content (AvgIpc) is 3.51. The molecule has 5 aromatic carbocycles. The number of nitrogens with zero attached hydrogens (tertiary/aromatic N) is 2. The predicted molar refractivity (Wildman–Crippen MR) is 175 cm³/mol. The van der Waals surface area contributed by atoms with E-state index in [1.807, 2.05) is 6.07 Å². The van der Waals surface area contributed by atoms with Crippen molar-refractivity contribution in [3.63, 3.8) is 0 Å². The Hall–Kier alpha value is -6.94. The summed E-state index contributed by atoms with van der Waals surface area (Å²) < 4.78 is 5.93. The summed E-state index contributed by atoms with van der Waals surface area (Å²) in [7, 11) is 0. The van der Waals surface area contributed by atoms with Gasteiger partial charge < -0.3 is 9.84 Å². The van der Waals surface area contributed by atoms with Crippen molar-refractivity contribution in [2.24, 2.45) is 0 Å². The SMILES string of the molecule is O=C(O)c1ccc2c(c1)C(=O)N(c1ccc(Oc3ccc4c(c3)C(=O)N(c3ccc(/C=C/C(=O)c5ccccc5)cc3)C4=O)cc1)C2=O. The van der Waals surface area contributed by atoms with Crippen LogP contribution in [0.1, 0.15) is 67.7 Å². The molecule has 4 amide bonds.